The van der Waals surface area contributed by atoms with E-state index in [2.05, 4.69) is 20.7 Å². The highest BCUT2D eigenvalue weighted by Crippen LogP contribution is 2.37. The summed E-state index contributed by atoms with van der Waals surface area (Å²) in [6, 6.07) is 11.7. The number of carbonyl (C=O) groups is 1. The number of methoxy groups -OCH3 is 1. The fourth-order valence-electron chi connectivity index (χ4n) is 2.08. The molecule has 0 atom stereocenters. The molecule has 0 amide bonds. The van der Waals surface area contributed by atoms with Gasteiger partial charge in [-0.2, -0.15) is 8.42 Å². The van der Waals surface area contributed by atoms with Gasteiger partial charge in [-0.1, -0.05) is 30.3 Å². The van der Waals surface area contributed by atoms with Crippen LogP contribution in [0.3, 0.4) is 0 Å². The van der Waals surface area contributed by atoms with Crippen LogP contribution in [0, 0.1) is 5.82 Å². The predicted octanol–water partition coefficient (Wildman–Crippen LogP) is 2.35. The molecule has 0 saturated heterocycles. The van der Waals surface area contributed by atoms with Crippen molar-refractivity contribution in [3.8, 4) is 5.75 Å². The molecule has 2 rings (SSSR count). The molecule has 0 saturated carbocycles. The topological polar surface area (TPSA) is 98.9 Å². The van der Waals surface area contributed by atoms with Crippen LogP contribution >= 0.6 is 15.9 Å². The van der Waals surface area contributed by atoms with Gasteiger partial charge in [-0.25, -0.2) is 13.8 Å². The first-order chi connectivity index (χ1) is 12.2. The Kier molecular flexibility index (Phi) is 6.57. The summed E-state index contributed by atoms with van der Waals surface area (Å²) in [6.45, 7) is -0.740. The summed E-state index contributed by atoms with van der Waals surface area (Å²) in [5, 5.41) is 5.16. The maximum absolute atomic E-state index is 14.7. The molecule has 7 nitrogen and oxygen atoms in total. The number of halogens is 2. The van der Waals surface area contributed by atoms with Crippen molar-refractivity contribution in [2.45, 2.75) is 6.61 Å². The van der Waals surface area contributed by atoms with Crippen molar-refractivity contribution in [1.29, 1.82) is 0 Å². The Morgan fingerprint density at radius 3 is 2.46 bits per heavy atom. The Balaban J connectivity index is 2.46. The van der Waals surface area contributed by atoms with Crippen LogP contribution in [0.25, 0.3) is 0 Å². The largest absolute Gasteiger partial charge is 0.487 e. The van der Waals surface area contributed by atoms with Crippen molar-refractivity contribution in [3.63, 3.8) is 0 Å². The van der Waals surface area contributed by atoms with Crippen molar-refractivity contribution in [3.05, 3.63) is 58.3 Å². The van der Waals surface area contributed by atoms with E-state index in [0.717, 1.165) is 12.7 Å². The van der Waals surface area contributed by atoms with Gasteiger partial charge in [0.2, 0.25) is 0 Å². The van der Waals surface area contributed by atoms with Gasteiger partial charge in [0.25, 0.3) is 10.2 Å². The minimum atomic E-state index is -4.48. The zero-order chi connectivity index (χ0) is 19.3. The number of hydrogen-bond acceptors (Lipinski definition) is 5. The van der Waals surface area contributed by atoms with Crippen molar-refractivity contribution >= 4 is 37.8 Å². The second kappa shape index (κ2) is 8.47. The molecule has 0 aliphatic rings. The average Bonchev–Trinajstić information content (AvgIpc) is 2.61. The summed E-state index contributed by atoms with van der Waals surface area (Å²) in [6.07, 6.45) is 0. The lowest BCUT2D eigenvalue weighted by Crippen LogP contribution is -2.41. The number of carbonyl (C=O) groups excluding carboxylic acids is 1. The summed E-state index contributed by atoms with van der Waals surface area (Å²) in [4.78, 5) is 11.6. The minimum absolute atomic E-state index is 0.0157. The highest BCUT2D eigenvalue weighted by molar-refractivity contribution is 9.10. The zero-order valence-corrected chi connectivity index (χ0v) is 16.1. The molecular weight excluding hydrogens is 431 g/mol. The zero-order valence-electron chi connectivity index (χ0n) is 13.7. The van der Waals surface area contributed by atoms with Crippen LogP contribution < -0.4 is 14.2 Å². The van der Waals surface area contributed by atoms with Gasteiger partial charge in [-0.15, -0.1) is 0 Å². The van der Waals surface area contributed by atoms with Crippen LogP contribution in [-0.4, -0.2) is 28.0 Å². The van der Waals surface area contributed by atoms with E-state index in [1.807, 2.05) is 6.07 Å². The van der Waals surface area contributed by atoms with Crippen molar-refractivity contribution < 1.29 is 27.1 Å². The third-order valence-electron chi connectivity index (χ3n) is 3.33. The number of nitrogens with zero attached hydrogens (tertiary/aromatic N) is 1. The quantitative estimate of drug-likeness (QED) is 0.658. The second-order valence-electron chi connectivity index (χ2n) is 5.11. The Bertz CT molecular complexity index is 893. The Morgan fingerprint density at radius 1 is 1.23 bits per heavy atom. The Morgan fingerprint density at radius 2 is 1.88 bits per heavy atom. The molecule has 0 heterocycles. The lowest BCUT2D eigenvalue weighted by atomic mass is 10.2. The molecule has 0 aromatic heterocycles. The van der Waals surface area contributed by atoms with Crippen molar-refractivity contribution in [2.24, 2.45) is 5.14 Å². The van der Waals surface area contributed by atoms with E-state index in [1.54, 1.807) is 24.3 Å². The number of ether oxygens (including phenoxy) is 2. The fraction of sp³-hybridized carbons (Fsp3) is 0.188. The van der Waals surface area contributed by atoms with E-state index in [9.17, 15) is 17.6 Å². The molecular formula is C16H16BrFN2O5S. The summed E-state index contributed by atoms with van der Waals surface area (Å²) >= 11 is 2.99. The molecule has 140 valence electrons. The summed E-state index contributed by atoms with van der Waals surface area (Å²) in [7, 11) is -3.40. The van der Waals surface area contributed by atoms with Gasteiger partial charge in [0.05, 0.1) is 11.6 Å². The molecule has 0 aliphatic heterocycles. The maximum atomic E-state index is 14.7. The standard InChI is InChI=1S/C16H16BrFN2O5S/c1-24-14(21)9-20(26(19,22)23)16-13(8-7-12(17)15(16)18)25-10-11-5-3-2-4-6-11/h2-8H,9-10H2,1H3,(H2,19,22,23). The van der Waals surface area contributed by atoms with Gasteiger partial charge in [-0.3, -0.25) is 4.79 Å². The van der Waals surface area contributed by atoms with E-state index in [-0.39, 0.29) is 16.8 Å². The number of rotatable bonds is 7. The fourth-order valence-corrected chi connectivity index (χ4v) is 3.11. The lowest BCUT2D eigenvalue weighted by Gasteiger charge is -2.24. The molecule has 10 heteroatoms. The van der Waals surface area contributed by atoms with Crippen LogP contribution in [0.5, 0.6) is 5.75 Å². The first kappa shape index (κ1) is 20.1. The molecule has 0 fully saturated rings. The summed E-state index contributed by atoms with van der Waals surface area (Å²) in [5.41, 5.74) is 0.306. The monoisotopic (exact) mass is 446 g/mol. The SMILES string of the molecule is COC(=O)CN(c1c(OCc2ccccc2)ccc(Br)c1F)S(N)(=O)=O. The molecule has 0 aliphatic carbocycles. The van der Waals surface area contributed by atoms with Crippen LogP contribution in [0.4, 0.5) is 10.1 Å². The number of hydrogen-bond donors (Lipinski definition) is 1. The third kappa shape index (κ3) is 4.93. The third-order valence-corrected chi connectivity index (χ3v) is 4.86. The van der Waals surface area contributed by atoms with E-state index in [4.69, 9.17) is 9.88 Å². The van der Waals surface area contributed by atoms with Gasteiger partial charge in [0.1, 0.15) is 24.6 Å². The Labute approximate surface area is 158 Å². The summed E-state index contributed by atoms with van der Waals surface area (Å²) in [5.74, 6) is -1.94. The average molecular weight is 447 g/mol. The number of anilines is 1. The molecule has 0 unspecified atom stereocenters. The van der Waals surface area contributed by atoms with Crippen molar-refractivity contribution in [2.75, 3.05) is 18.0 Å². The van der Waals surface area contributed by atoms with Crippen LogP contribution in [0.2, 0.25) is 0 Å². The van der Waals surface area contributed by atoms with Gasteiger partial charge in [0.15, 0.2) is 5.82 Å². The van der Waals surface area contributed by atoms with E-state index in [0.29, 0.717) is 4.31 Å². The van der Waals surface area contributed by atoms with Crippen LogP contribution in [0.1, 0.15) is 5.56 Å². The number of nitrogens with two attached hydrogens (primary N) is 1. The van der Waals surface area contributed by atoms with Gasteiger partial charge < -0.3 is 9.47 Å². The van der Waals surface area contributed by atoms with Gasteiger partial charge >= 0.3 is 5.97 Å². The van der Waals surface area contributed by atoms with Crippen molar-refractivity contribution in [1.82, 2.24) is 0 Å². The smallest absolute Gasteiger partial charge is 0.326 e. The first-order valence-electron chi connectivity index (χ1n) is 7.26. The summed E-state index contributed by atoms with van der Waals surface area (Å²) < 4.78 is 49.0. The lowest BCUT2D eigenvalue weighted by molar-refractivity contribution is -0.138. The van der Waals surface area contributed by atoms with Crippen LogP contribution in [-0.2, 0) is 26.3 Å². The first-order valence-corrected chi connectivity index (χ1v) is 9.55. The Hall–Kier alpha value is -2.17. The van der Waals surface area contributed by atoms with Crippen LogP contribution in [0.15, 0.2) is 46.9 Å². The van der Waals surface area contributed by atoms with Gasteiger partial charge in [0, 0.05) is 0 Å². The minimum Gasteiger partial charge on any atom is -0.487 e. The molecule has 0 radical (unpaired) electrons. The number of benzene rings is 2. The molecule has 0 spiro atoms. The molecule has 0 bridgehead atoms. The highest BCUT2D eigenvalue weighted by atomic mass is 79.9. The molecule has 26 heavy (non-hydrogen) atoms. The predicted molar refractivity (Wildman–Crippen MR) is 97.3 cm³/mol. The van der Waals surface area contributed by atoms with E-state index < -0.39 is 34.2 Å². The normalized spacial score (nSPS) is 11.1. The molecule has 2 aromatic carbocycles. The second-order valence-corrected chi connectivity index (χ2v) is 7.44. The van der Waals surface area contributed by atoms with E-state index >= 15 is 0 Å². The molecule has 2 N–H and O–H groups in total. The maximum Gasteiger partial charge on any atom is 0.326 e. The van der Waals surface area contributed by atoms with Gasteiger partial charge in [-0.05, 0) is 33.6 Å². The van der Waals surface area contributed by atoms with E-state index in [1.165, 1.54) is 12.1 Å². The molecule has 2 aromatic rings. The number of esters is 1. The highest BCUT2D eigenvalue weighted by Gasteiger charge is 2.29.